The van der Waals surface area contributed by atoms with Crippen LogP contribution in [0.25, 0.3) is 0 Å². The fraction of sp³-hybridized carbons (Fsp3) is 0.727. The Labute approximate surface area is 95.9 Å². The van der Waals surface area contributed by atoms with Crippen molar-refractivity contribution in [3.05, 3.63) is 18.2 Å². The molecule has 4 heteroatoms. The van der Waals surface area contributed by atoms with Gasteiger partial charge in [0.15, 0.2) is 0 Å². The second-order valence-electron chi connectivity index (χ2n) is 3.68. The van der Waals surface area contributed by atoms with Gasteiger partial charge in [-0.05, 0) is 24.9 Å². The summed E-state index contributed by atoms with van der Waals surface area (Å²) in [6.07, 6.45) is 8.23. The molecule has 1 aromatic heterocycles. The van der Waals surface area contributed by atoms with Crippen LogP contribution < -0.4 is 0 Å². The Bertz CT molecular complexity index is 275. The molecule has 0 fully saturated rings. The van der Waals surface area contributed by atoms with E-state index in [4.69, 9.17) is 0 Å². The Morgan fingerprint density at radius 2 is 2.40 bits per heavy atom. The van der Waals surface area contributed by atoms with Crippen LogP contribution in [-0.2, 0) is 13.0 Å². The molecule has 0 bridgehead atoms. The van der Waals surface area contributed by atoms with Crippen molar-refractivity contribution in [2.75, 3.05) is 12.0 Å². The van der Waals surface area contributed by atoms with Crippen LogP contribution in [0.3, 0.4) is 0 Å². The third-order valence-corrected chi connectivity index (χ3v) is 2.98. The normalized spacial score (nSPS) is 13.0. The van der Waals surface area contributed by atoms with Crippen molar-refractivity contribution in [1.29, 1.82) is 0 Å². The van der Waals surface area contributed by atoms with E-state index in [1.54, 1.807) is 11.8 Å². The molecule has 0 aromatic carbocycles. The molecule has 0 aliphatic heterocycles. The van der Waals surface area contributed by atoms with Gasteiger partial charge in [-0.15, -0.1) is 0 Å². The Morgan fingerprint density at radius 3 is 3.07 bits per heavy atom. The summed E-state index contributed by atoms with van der Waals surface area (Å²) >= 11 is 1.77. The lowest BCUT2D eigenvalue weighted by Crippen LogP contribution is -2.15. The molecule has 1 atom stereocenters. The minimum atomic E-state index is -0.254. The number of hydrogen-bond donors (Lipinski definition) is 1. The van der Waals surface area contributed by atoms with Gasteiger partial charge in [0.1, 0.15) is 5.82 Å². The van der Waals surface area contributed by atoms with E-state index in [2.05, 4.69) is 22.7 Å². The Hall–Kier alpha value is -0.480. The molecule has 0 aliphatic rings. The summed E-state index contributed by atoms with van der Waals surface area (Å²) in [7, 11) is 0. The number of rotatable bonds is 7. The van der Waals surface area contributed by atoms with Crippen molar-refractivity contribution in [2.24, 2.45) is 0 Å². The molecule has 0 saturated heterocycles. The first-order valence-electron chi connectivity index (χ1n) is 5.45. The molecule has 1 N–H and O–H groups in total. The number of nitrogens with zero attached hydrogens (tertiary/aromatic N) is 2. The van der Waals surface area contributed by atoms with Crippen LogP contribution in [-0.4, -0.2) is 32.8 Å². The summed E-state index contributed by atoms with van der Waals surface area (Å²) in [4.78, 5) is 4.28. The summed E-state index contributed by atoms with van der Waals surface area (Å²) in [6, 6.07) is 0. The largest absolute Gasteiger partial charge is 0.393 e. The van der Waals surface area contributed by atoms with E-state index in [1.165, 1.54) is 0 Å². The summed E-state index contributed by atoms with van der Waals surface area (Å²) in [5, 5.41) is 9.78. The van der Waals surface area contributed by atoms with Gasteiger partial charge in [0.2, 0.25) is 0 Å². The molecule has 0 amide bonds. The fourth-order valence-electron chi connectivity index (χ4n) is 1.54. The van der Waals surface area contributed by atoms with Gasteiger partial charge >= 0.3 is 0 Å². The predicted octanol–water partition coefficient (Wildman–Crippen LogP) is 1.95. The number of aliphatic hydroxyl groups is 1. The molecule has 86 valence electrons. The van der Waals surface area contributed by atoms with Gasteiger partial charge in [0.25, 0.3) is 0 Å². The minimum absolute atomic E-state index is 0.254. The monoisotopic (exact) mass is 228 g/mol. The minimum Gasteiger partial charge on any atom is -0.393 e. The number of aromatic nitrogens is 2. The average Bonchev–Trinajstić information content (AvgIpc) is 2.63. The molecular formula is C11H20N2OS. The van der Waals surface area contributed by atoms with Crippen LogP contribution in [0.2, 0.25) is 0 Å². The topological polar surface area (TPSA) is 38.0 Å². The maximum atomic E-state index is 9.78. The number of imidazole rings is 1. The summed E-state index contributed by atoms with van der Waals surface area (Å²) in [5.74, 6) is 2.01. The van der Waals surface area contributed by atoms with E-state index in [9.17, 15) is 5.11 Å². The first-order chi connectivity index (χ1) is 7.27. The van der Waals surface area contributed by atoms with Crippen LogP contribution in [0.1, 0.15) is 25.6 Å². The lowest BCUT2D eigenvalue weighted by Gasteiger charge is -2.11. The molecule has 1 heterocycles. The van der Waals surface area contributed by atoms with E-state index in [0.29, 0.717) is 6.42 Å². The average molecular weight is 228 g/mol. The Kier molecular flexibility index (Phi) is 5.79. The summed E-state index contributed by atoms with van der Waals surface area (Å²) in [5.41, 5.74) is 0. The molecule has 3 nitrogen and oxygen atoms in total. The lowest BCUT2D eigenvalue weighted by atomic mass is 10.2. The van der Waals surface area contributed by atoms with Crippen molar-refractivity contribution < 1.29 is 5.11 Å². The molecule has 1 aromatic rings. The van der Waals surface area contributed by atoms with E-state index in [-0.39, 0.29) is 6.10 Å². The molecule has 1 rings (SSSR count). The smallest absolute Gasteiger partial charge is 0.111 e. The summed E-state index contributed by atoms with van der Waals surface area (Å²) in [6.45, 7) is 3.14. The maximum absolute atomic E-state index is 9.78. The lowest BCUT2D eigenvalue weighted by molar-refractivity contribution is 0.168. The third kappa shape index (κ3) is 4.26. The number of hydrogen-bond acceptors (Lipinski definition) is 3. The Balaban J connectivity index is 2.44. The van der Waals surface area contributed by atoms with Crippen LogP contribution >= 0.6 is 11.8 Å². The Morgan fingerprint density at radius 1 is 1.60 bits per heavy atom. The summed E-state index contributed by atoms with van der Waals surface area (Å²) < 4.78 is 2.13. The van der Waals surface area contributed by atoms with Crippen molar-refractivity contribution in [1.82, 2.24) is 9.55 Å². The van der Waals surface area contributed by atoms with Gasteiger partial charge in [-0.25, -0.2) is 4.98 Å². The van der Waals surface area contributed by atoms with Crippen molar-refractivity contribution in [2.45, 2.75) is 38.8 Å². The van der Waals surface area contributed by atoms with Crippen molar-refractivity contribution in [3.8, 4) is 0 Å². The molecule has 0 spiro atoms. The first-order valence-corrected chi connectivity index (χ1v) is 6.84. The van der Waals surface area contributed by atoms with Crippen LogP contribution in [0.4, 0.5) is 0 Å². The third-order valence-electron chi connectivity index (χ3n) is 2.34. The second-order valence-corrected chi connectivity index (χ2v) is 4.66. The molecule has 0 saturated carbocycles. The van der Waals surface area contributed by atoms with Crippen molar-refractivity contribution in [3.63, 3.8) is 0 Å². The van der Waals surface area contributed by atoms with Crippen LogP contribution in [0, 0.1) is 0 Å². The highest BCUT2D eigenvalue weighted by atomic mass is 32.2. The SMILES string of the molecule is CCCn1ccnc1CC(O)CCSC. The van der Waals surface area contributed by atoms with E-state index >= 15 is 0 Å². The maximum Gasteiger partial charge on any atom is 0.111 e. The highest BCUT2D eigenvalue weighted by Gasteiger charge is 2.09. The van der Waals surface area contributed by atoms with Crippen LogP contribution in [0.15, 0.2) is 12.4 Å². The number of aliphatic hydroxyl groups excluding tert-OH is 1. The first kappa shape index (κ1) is 12.6. The molecule has 0 aliphatic carbocycles. The van der Waals surface area contributed by atoms with Gasteiger partial charge < -0.3 is 9.67 Å². The molecular weight excluding hydrogens is 208 g/mol. The molecule has 15 heavy (non-hydrogen) atoms. The van der Waals surface area contributed by atoms with Crippen LogP contribution in [0.5, 0.6) is 0 Å². The predicted molar refractivity (Wildman–Crippen MR) is 65.2 cm³/mol. The standard InChI is InChI=1S/C11H20N2OS/c1-3-6-13-7-5-12-11(13)9-10(14)4-8-15-2/h5,7,10,14H,3-4,6,8-9H2,1-2H3. The highest BCUT2D eigenvalue weighted by molar-refractivity contribution is 7.98. The van der Waals surface area contributed by atoms with E-state index in [0.717, 1.165) is 31.0 Å². The molecule has 1 unspecified atom stereocenters. The molecule has 0 radical (unpaired) electrons. The van der Waals surface area contributed by atoms with E-state index < -0.39 is 0 Å². The zero-order chi connectivity index (χ0) is 11.1. The zero-order valence-corrected chi connectivity index (χ0v) is 10.3. The quantitative estimate of drug-likeness (QED) is 0.775. The van der Waals surface area contributed by atoms with Gasteiger partial charge in [-0.3, -0.25) is 0 Å². The van der Waals surface area contributed by atoms with E-state index in [1.807, 2.05) is 12.4 Å². The fourth-order valence-corrected chi connectivity index (χ4v) is 2.05. The number of aryl methyl sites for hydroxylation is 1. The zero-order valence-electron chi connectivity index (χ0n) is 9.52. The van der Waals surface area contributed by atoms with Gasteiger partial charge in [-0.2, -0.15) is 11.8 Å². The van der Waals surface area contributed by atoms with Gasteiger partial charge in [0, 0.05) is 25.4 Å². The van der Waals surface area contributed by atoms with Gasteiger partial charge in [0.05, 0.1) is 6.10 Å². The van der Waals surface area contributed by atoms with Gasteiger partial charge in [-0.1, -0.05) is 6.92 Å². The highest BCUT2D eigenvalue weighted by Crippen LogP contribution is 2.07. The van der Waals surface area contributed by atoms with Crippen molar-refractivity contribution >= 4 is 11.8 Å². The second kappa shape index (κ2) is 6.90. The number of thioether (sulfide) groups is 1.